The van der Waals surface area contributed by atoms with Gasteiger partial charge in [0.05, 0.1) is 0 Å². The zero-order valence-electron chi connectivity index (χ0n) is 10.4. The van der Waals surface area contributed by atoms with Gasteiger partial charge in [0.25, 0.3) is 5.91 Å². The van der Waals surface area contributed by atoms with Gasteiger partial charge in [-0.3, -0.25) is 4.79 Å². The number of carbonyl (C=O) groups excluding carboxylic acids is 1. The summed E-state index contributed by atoms with van der Waals surface area (Å²) in [6, 6.07) is 3.02. The minimum absolute atomic E-state index is 0.260. The van der Waals surface area contributed by atoms with Crippen LogP contribution in [0.25, 0.3) is 0 Å². The third kappa shape index (κ3) is 3.55. The van der Waals surface area contributed by atoms with Crippen LogP contribution in [0.3, 0.4) is 0 Å². The van der Waals surface area contributed by atoms with E-state index < -0.39 is 23.7 Å². The van der Waals surface area contributed by atoms with Crippen molar-refractivity contribution >= 4 is 11.9 Å². The van der Waals surface area contributed by atoms with Gasteiger partial charge in [0.2, 0.25) is 0 Å². The molecule has 0 heterocycles. The molecule has 0 aromatic heterocycles. The van der Waals surface area contributed by atoms with Gasteiger partial charge in [-0.15, -0.1) is 0 Å². The van der Waals surface area contributed by atoms with Crippen LogP contribution in [0.5, 0.6) is 0 Å². The normalized spacial score (nSPS) is 11.9. The molecule has 1 aromatic rings. The number of rotatable bonds is 5. The van der Waals surface area contributed by atoms with E-state index in [-0.39, 0.29) is 5.56 Å². The molecule has 18 heavy (non-hydrogen) atoms. The summed E-state index contributed by atoms with van der Waals surface area (Å²) >= 11 is 0. The van der Waals surface area contributed by atoms with E-state index in [1.54, 1.807) is 6.92 Å². The first-order valence-electron chi connectivity index (χ1n) is 5.75. The van der Waals surface area contributed by atoms with Crippen molar-refractivity contribution in [2.45, 2.75) is 32.7 Å². The lowest BCUT2D eigenvalue weighted by atomic mass is 10.1. The highest BCUT2D eigenvalue weighted by molar-refractivity contribution is 5.96. The molecular weight excluding hydrogens is 237 g/mol. The summed E-state index contributed by atoms with van der Waals surface area (Å²) in [6.45, 7) is 3.39. The number of hydrogen-bond donors (Lipinski definition) is 2. The van der Waals surface area contributed by atoms with Gasteiger partial charge in [0.15, 0.2) is 0 Å². The molecule has 0 bridgehead atoms. The standard InChI is InChI=1S/C13H16FNO3/c1-3-4-11(13(17)18)15-12(16)9-5-6-10(14)8(2)7-9/h5-7,11H,3-4H2,1-2H3,(H,15,16)(H,17,18)/t11-/m1/s1. The van der Waals surface area contributed by atoms with Crippen LogP contribution >= 0.6 is 0 Å². The van der Waals surface area contributed by atoms with E-state index in [9.17, 15) is 14.0 Å². The SMILES string of the molecule is CCC[C@@H](NC(=O)c1ccc(F)c(C)c1)C(=O)O. The number of aliphatic carboxylic acids is 1. The zero-order valence-corrected chi connectivity index (χ0v) is 10.4. The highest BCUT2D eigenvalue weighted by Crippen LogP contribution is 2.10. The smallest absolute Gasteiger partial charge is 0.326 e. The molecule has 0 aliphatic rings. The van der Waals surface area contributed by atoms with Crippen LogP contribution in [0.4, 0.5) is 4.39 Å². The molecular formula is C13H16FNO3. The largest absolute Gasteiger partial charge is 0.480 e. The molecule has 98 valence electrons. The fourth-order valence-electron chi connectivity index (χ4n) is 1.57. The van der Waals surface area contributed by atoms with Crippen LogP contribution in [-0.4, -0.2) is 23.0 Å². The number of nitrogens with one attached hydrogen (secondary N) is 1. The molecule has 0 fully saturated rings. The lowest BCUT2D eigenvalue weighted by Gasteiger charge is -2.13. The van der Waals surface area contributed by atoms with E-state index in [0.29, 0.717) is 18.4 Å². The molecule has 4 nitrogen and oxygen atoms in total. The zero-order chi connectivity index (χ0) is 13.7. The van der Waals surface area contributed by atoms with Crippen LogP contribution in [0.15, 0.2) is 18.2 Å². The number of hydrogen-bond acceptors (Lipinski definition) is 2. The van der Waals surface area contributed by atoms with Gasteiger partial charge < -0.3 is 10.4 Å². The Labute approximate surface area is 105 Å². The topological polar surface area (TPSA) is 66.4 Å². The van der Waals surface area contributed by atoms with Gasteiger partial charge in [0.1, 0.15) is 11.9 Å². The molecule has 1 rings (SSSR count). The molecule has 0 unspecified atom stereocenters. The summed E-state index contributed by atoms with van der Waals surface area (Å²) < 4.78 is 13.0. The van der Waals surface area contributed by atoms with Crippen molar-refractivity contribution in [1.82, 2.24) is 5.32 Å². The average molecular weight is 253 g/mol. The van der Waals surface area contributed by atoms with E-state index >= 15 is 0 Å². The number of carboxylic acids is 1. The Hall–Kier alpha value is -1.91. The molecule has 0 aliphatic heterocycles. The quantitative estimate of drug-likeness (QED) is 0.844. The third-order valence-electron chi connectivity index (χ3n) is 2.60. The molecule has 5 heteroatoms. The van der Waals surface area contributed by atoms with Crippen molar-refractivity contribution in [2.75, 3.05) is 0 Å². The minimum atomic E-state index is -1.07. The average Bonchev–Trinajstić information content (AvgIpc) is 2.31. The third-order valence-corrected chi connectivity index (χ3v) is 2.60. The molecule has 0 spiro atoms. The number of benzene rings is 1. The Kier molecular flexibility index (Phi) is 4.83. The molecule has 1 aromatic carbocycles. The Morgan fingerprint density at radius 2 is 2.11 bits per heavy atom. The minimum Gasteiger partial charge on any atom is -0.480 e. The van der Waals surface area contributed by atoms with Crippen molar-refractivity contribution in [3.8, 4) is 0 Å². The molecule has 1 atom stereocenters. The van der Waals surface area contributed by atoms with Gasteiger partial charge in [-0.1, -0.05) is 13.3 Å². The van der Waals surface area contributed by atoms with Crippen LogP contribution in [0, 0.1) is 12.7 Å². The Morgan fingerprint density at radius 1 is 1.44 bits per heavy atom. The fourth-order valence-corrected chi connectivity index (χ4v) is 1.57. The van der Waals surface area contributed by atoms with Crippen LogP contribution < -0.4 is 5.32 Å². The first-order valence-corrected chi connectivity index (χ1v) is 5.75. The second-order valence-electron chi connectivity index (χ2n) is 4.12. The number of carboxylic acid groups (broad SMARTS) is 1. The van der Waals surface area contributed by atoms with Crippen LogP contribution in [0.1, 0.15) is 35.7 Å². The fraction of sp³-hybridized carbons (Fsp3) is 0.385. The van der Waals surface area contributed by atoms with Crippen molar-refractivity contribution < 1.29 is 19.1 Å². The monoisotopic (exact) mass is 253 g/mol. The Bertz CT molecular complexity index is 460. The van der Waals surface area contributed by atoms with Crippen molar-refractivity contribution in [2.24, 2.45) is 0 Å². The maximum Gasteiger partial charge on any atom is 0.326 e. The lowest BCUT2D eigenvalue weighted by Crippen LogP contribution is -2.40. The van der Waals surface area contributed by atoms with E-state index in [1.165, 1.54) is 18.2 Å². The molecule has 0 radical (unpaired) electrons. The predicted octanol–water partition coefficient (Wildman–Crippen LogP) is 2.12. The summed E-state index contributed by atoms with van der Waals surface area (Å²) in [4.78, 5) is 22.7. The number of aryl methyl sites for hydroxylation is 1. The van der Waals surface area contributed by atoms with E-state index in [0.717, 1.165) is 0 Å². The van der Waals surface area contributed by atoms with Crippen LogP contribution in [0.2, 0.25) is 0 Å². The number of halogens is 1. The second-order valence-corrected chi connectivity index (χ2v) is 4.12. The summed E-state index contributed by atoms with van der Waals surface area (Å²) in [5.41, 5.74) is 0.612. The summed E-state index contributed by atoms with van der Waals surface area (Å²) in [5.74, 6) is -1.96. The van der Waals surface area contributed by atoms with Gasteiger partial charge >= 0.3 is 5.97 Å². The summed E-state index contributed by atoms with van der Waals surface area (Å²) in [6.07, 6.45) is 1.01. The molecule has 2 N–H and O–H groups in total. The second kappa shape index (κ2) is 6.14. The van der Waals surface area contributed by atoms with E-state index in [2.05, 4.69) is 5.32 Å². The van der Waals surface area contributed by atoms with E-state index in [1.807, 2.05) is 6.92 Å². The Morgan fingerprint density at radius 3 is 2.61 bits per heavy atom. The first-order chi connectivity index (χ1) is 8.45. The van der Waals surface area contributed by atoms with Crippen molar-refractivity contribution in [1.29, 1.82) is 0 Å². The van der Waals surface area contributed by atoms with Crippen LogP contribution in [-0.2, 0) is 4.79 Å². The maximum atomic E-state index is 13.0. The summed E-state index contributed by atoms with van der Waals surface area (Å²) in [5, 5.41) is 11.3. The van der Waals surface area contributed by atoms with Gasteiger partial charge in [-0.25, -0.2) is 9.18 Å². The van der Waals surface area contributed by atoms with Gasteiger partial charge in [0, 0.05) is 5.56 Å². The highest BCUT2D eigenvalue weighted by atomic mass is 19.1. The van der Waals surface area contributed by atoms with Gasteiger partial charge in [-0.2, -0.15) is 0 Å². The Balaban J connectivity index is 2.80. The maximum absolute atomic E-state index is 13.0. The highest BCUT2D eigenvalue weighted by Gasteiger charge is 2.19. The molecule has 1 amide bonds. The summed E-state index contributed by atoms with van der Waals surface area (Å²) in [7, 11) is 0. The predicted molar refractivity (Wildman–Crippen MR) is 64.9 cm³/mol. The molecule has 0 saturated heterocycles. The molecule has 0 saturated carbocycles. The van der Waals surface area contributed by atoms with E-state index in [4.69, 9.17) is 5.11 Å². The van der Waals surface area contributed by atoms with Crippen molar-refractivity contribution in [3.63, 3.8) is 0 Å². The number of carbonyl (C=O) groups is 2. The van der Waals surface area contributed by atoms with Crippen molar-refractivity contribution in [3.05, 3.63) is 35.1 Å². The lowest BCUT2D eigenvalue weighted by molar-refractivity contribution is -0.139. The van der Waals surface area contributed by atoms with Gasteiger partial charge in [-0.05, 0) is 37.1 Å². The molecule has 0 aliphatic carbocycles. The first kappa shape index (κ1) is 14.2. The number of amides is 1.